The molecule has 1 heterocycles. The van der Waals surface area contributed by atoms with E-state index in [2.05, 4.69) is 5.10 Å². The molecule has 0 bridgehead atoms. The molecular formula is C13H14N2O3. The highest BCUT2D eigenvalue weighted by Crippen LogP contribution is 2.18. The molecule has 0 N–H and O–H groups in total. The van der Waals surface area contributed by atoms with Gasteiger partial charge in [-0.05, 0) is 13.0 Å². The van der Waals surface area contributed by atoms with E-state index < -0.39 is 5.97 Å². The van der Waals surface area contributed by atoms with Crippen LogP contribution in [0.25, 0.3) is 10.9 Å². The fourth-order valence-electron chi connectivity index (χ4n) is 1.85. The molecule has 1 aromatic carbocycles. The number of esters is 1. The molecule has 0 spiro atoms. The SMILES string of the molecule is CCOC(=O)CC(=O)c1nn(C)c2ccccc12. The summed E-state index contributed by atoms with van der Waals surface area (Å²) in [6, 6.07) is 7.42. The minimum Gasteiger partial charge on any atom is -0.466 e. The van der Waals surface area contributed by atoms with Gasteiger partial charge in [-0.2, -0.15) is 5.10 Å². The Bertz CT molecular complexity index is 601. The monoisotopic (exact) mass is 246 g/mol. The van der Waals surface area contributed by atoms with E-state index in [1.807, 2.05) is 24.3 Å². The number of nitrogens with zero attached hydrogens (tertiary/aromatic N) is 2. The van der Waals surface area contributed by atoms with Gasteiger partial charge < -0.3 is 4.74 Å². The van der Waals surface area contributed by atoms with Crippen molar-refractivity contribution in [3.8, 4) is 0 Å². The van der Waals surface area contributed by atoms with Crippen molar-refractivity contribution in [1.29, 1.82) is 0 Å². The lowest BCUT2D eigenvalue weighted by Crippen LogP contribution is -2.12. The number of benzene rings is 1. The summed E-state index contributed by atoms with van der Waals surface area (Å²) < 4.78 is 6.39. The quantitative estimate of drug-likeness (QED) is 0.468. The van der Waals surface area contributed by atoms with Gasteiger partial charge in [0.2, 0.25) is 0 Å². The lowest BCUT2D eigenvalue weighted by Gasteiger charge is -1.99. The lowest BCUT2D eigenvalue weighted by molar-refractivity contribution is -0.141. The van der Waals surface area contributed by atoms with Crippen LogP contribution in [0.2, 0.25) is 0 Å². The molecule has 0 saturated carbocycles. The Morgan fingerprint density at radius 1 is 1.33 bits per heavy atom. The fourth-order valence-corrected chi connectivity index (χ4v) is 1.85. The van der Waals surface area contributed by atoms with E-state index >= 15 is 0 Å². The molecule has 0 radical (unpaired) electrons. The van der Waals surface area contributed by atoms with Gasteiger partial charge >= 0.3 is 5.97 Å². The van der Waals surface area contributed by atoms with Gasteiger partial charge in [-0.15, -0.1) is 0 Å². The van der Waals surface area contributed by atoms with E-state index in [4.69, 9.17) is 4.74 Å². The molecule has 94 valence electrons. The highest BCUT2D eigenvalue weighted by molar-refractivity contribution is 6.11. The van der Waals surface area contributed by atoms with Gasteiger partial charge in [-0.25, -0.2) is 0 Å². The zero-order chi connectivity index (χ0) is 13.1. The first-order valence-corrected chi connectivity index (χ1v) is 5.74. The number of fused-ring (bicyclic) bond motifs is 1. The number of carbonyl (C=O) groups is 2. The van der Waals surface area contributed by atoms with Crippen molar-refractivity contribution in [3.63, 3.8) is 0 Å². The zero-order valence-electron chi connectivity index (χ0n) is 10.3. The number of carbonyl (C=O) groups excluding carboxylic acids is 2. The van der Waals surface area contributed by atoms with Crippen molar-refractivity contribution in [2.45, 2.75) is 13.3 Å². The summed E-state index contributed by atoms with van der Waals surface area (Å²) in [6.45, 7) is 1.98. The summed E-state index contributed by atoms with van der Waals surface area (Å²) in [5.41, 5.74) is 1.19. The highest BCUT2D eigenvalue weighted by atomic mass is 16.5. The summed E-state index contributed by atoms with van der Waals surface area (Å²) in [5.74, 6) is -0.831. The molecule has 0 aliphatic heterocycles. The third-order valence-corrected chi connectivity index (χ3v) is 2.63. The molecule has 5 heteroatoms. The first-order valence-electron chi connectivity index (χ1n) is 5.74. The average Bonchev–Trinajstić information content (AvgIpc) is 2.68. The first-order chi connectivity index (χ1) is 8.63. The van der Waals surface area contributed by atoms with E-state index in [1.165, 1.54) is 0 Å². The van der Waals surface area contributed by atoms with Crippen LogP contribution in [0.15, 0.2) is 24.3 Å². The minimum absolute atomic E-state index is 0.269. The second kappa shape index (κ2) is 5.00. The number of aryl methyl sites for hydroxylation is 1. The van der Waals surface area contributed by atoms with Crippen LogP contribution in [0.3, 0.4) is 0 Å². The largest absolute Gasteiger partial charge is 0.466 e. The Morgan fingerprint density at radius 3 is 2.78 bits per heavy atom. The number of hydrogen-bond acceptors (Lipinski definition) is 4. The van der Waals surface area contributed by atoms with Crippen molar-refractivity contribution in [2.75, 3.05) is 6.61 Å². The zero-order valence-corrected chi connectivity index (χ0v) is 10.3. The van der Waals surface area contributed by atoms with Gasteiger partial charge in [-0.3, -0.25) is 14.3 Å². The molecule has 1 aromatic heterocycles. The van der Waals surface area contributed by atoms with Crippen LogP contribution < -0.4 is 0 Å². The predicted octanol–water partition coefficient (Wildman–Crippen LogP) is 1.71. The van der Waals surface area contributed by atoms with Crippen LogP contribution >= 0.6 is 0 Å². The van der Waals surface area contributed by atoms with E-state index in [1.54, 1.807) is 18.7 Å². The number of ketones is 1. The first kappa shape index (κ1) is 12.3. The molecule has 2 rings (SSSR count). The van der Waals surface area contributed by atoms with Crippen molar-refractivity contribution < 1.29 is 14.3 Å². The molecule has 0 fully saturated rings. The third-order valence-electron chi connectivity index (χ3n) is 2.63. The van der Waals surface area contributed by atoms with E-state index in [0.29, 0.717) is 5.69 Å². The molecule has 5 nitrogen and oxygen atoms in total. The summed E-state index contributed by atoms with van der Waals surface area (Å²) in [5, 5.41) is 4.92. The topological polar surface area (TPSA) is 61.2 Å². The molecule has 0 unspecified atom stereocenters. The van der Waals surface area contributed by atoms with Crippen LogP contribution in [0, 0.1) is 0 Å². The fraction of sp³-hybridized carbons (Fsp3) is 0.308. The van der Waals surface area contributed by atoms with Crippen molar-refractivity contribution >= 4 is 22.7 Å². The maximum absolute atomic E-state index is 12.0. The minimum atomic E-state index is -0.516. The molecule has 18 heavy (non-hydrogen) atoms. The predicted molar refractivity (Wildman–Crippen MR) is 66.3 cm³/mol. The maximum atomic E-state index is 12.0. The van der Waals surface area contributed by atoms with Gasteiger partial charge in [0.15, 0.2) is 5.78 Å². The summed E-state index contributed by atoms with van der Waals surface area (Å²) in [4.78, 5) is 23.3. The Labute approximate surface area is 104 Å². The van der Waals surface area contributed by atoms with Crippen LogP contribution in [0.5, 0.6) is 0 Å². The Hall–Kier alpha value is -2.17. The van der Waals surface area contributed by atoms with E-state index in [9.17, 15) is 9.59 Å². The molecule has 0 amide bonds. The number of hydrogen-bond donors (Lipinski definition) is 0. The highest BCUT2D eigenvalue weighted by Gasteiger charge is 2.19. The van der Waals surface area contributed by atoms with Crippen LogP contribution in [-0.2, 0) is 16.6 Å². The van der Waals surface area contributed by atoms with Gasteiger partial charge in [0, 0.05) is 12.4 Å². The summed E-state index contributed by atoms with van der Waals surface area (Å²) in [6.07, 6.45) is -0.269. The van der Waals surface area contributed by atoms with Gasteiger partial charge in [0.1, 0.15) is 12.1 Å². The van der Waals surface area contributed by atoms with Crippen molar-refractivity contribution in [2.24, 2.45) is 7.05 Å². The molecular weight excluding hydrogens is 232 g/mol. The van der Waals surface area contributed by atoms with E-state index in [-0.39, 0.29) is 18.8 Å². The number of aromatic nitrogens is 2. The summed E-state index contributed by atoms with van der Waals surface area (Å²) in [7, 11) is 1.77. The summed E-state index contributed by atoms with van der Waals surface area (Å²) >= 11 is 0. The van der Waals surface area contributed by atoms with Crippen molar-refractivity contribution in [3.05, 3.63) is 30.0 Å². The standard InChI is InChI=1S/C13H14N2O3/c1-3-18-12(17)8-11(16)13-9-6-4-5-7-10(9)15(2)14-13/h4-7H,3,8H2,1-2H3. The lowest BCUT2D eigenvalue weighted by atomic mass is 10.1. The Balaban J connectivity index is 2.31. The van der Waals surface area contributed by atoms with Gasteiger partial charge in [0.05, 0.1) is 12.1 Å². The average molecular weight is 246 g/mol. The molecule has 0 atom stereocenters. The Kier molecular flexibility index (Phi) is 3.41. The maximum Gasteiger partial charge on any atom is 0.313 e. The molecule has 0 aliphatic carbocycles. The van der Waals surface area contributed by atoms with Crippen LogP contribution in [-0.4, -0.2) is 28.1 Å². The Morgan fingerprint density at radius 2 is 2.06 bits per heavy atom. The third kappa shape index (κ3) is 2.25. The number of Topliss-reactive ketones (excluding diaryl/α,β-unsaturated/α-hetero) is 1. The van der Waals surface area contributed by atoms with Crippen LogP contribution in [0.4, 0.5) is 0 Å². The van der Waals surface area contributed by atoms with Crippen LogP contribution in [0.1, 0.15) is 23.8 Å². The second-order valence-electron chi connectivity index (χ2n) is 3.89. The molecule has 0 aliphatic rings. The van der Waals surface area contributed by atoms with Gasteiger partial charge in [-0.1, -0.05) is 18.2 Å². The second-order valence-corrected chi connectivity index (χ2v) is 3.89. The normalized spacial score (nSPS) is 10.6. The van der Waals surface area contributed by atoms with E-state index in [0.717, 1.165) is 10.9 Å². The van der Waals surface area contributed by atoms with Gasteiger partial charge in [0.25, 0.3) is 0 Å². The van der Waals surface area contributed by atoms with Crippen molar-refractivity contribution in [1.82, 2.24) is 9.78 Å². The molecule has 0 saturated heterocycles. The smallest absolute Gasteiger partial charge is 0.313 e. The number of ether oxygens (including phenoxy) is 1. The number of para-hydroxylation sites is 1. The number of rotatable bonds is 4. The molecule has 2 aromatic rings.